The van der Waals surface area contributed by atoms with Crippen LogP contribution in [-0.4, -0.2) is 42.5 Å². The minimum atomic E-state index is -0.210. The Labute approximate surface area is 181 Å². The average Bonchev–Trinajstić information content (AvgIpc) is 3.49. The van der Waals surface area contributed by atoms with Gasteiger partial charge in [-0.25, -0.2) is 9.97 Å². The van der Waals surface area contributed by atoms with Crippen LogP contribution in [0, 0.1) is 0 Å². The van der Waals surface area contributed by atoms with E-state index in [1.807, 2.05) is 29.0 Å². The van der Waals surface area contributed by atoms with Crippen LogP contribution in [0.25, 0.3) is 11.3 Å². The fourth-order valence-corrected chi connectivity index (χ4v) is 4.74. The lowest BCUT2D eigenvalue weighted by Gasteiger charge is -2.10. The van der Waals surface area contributed by atoms with Crippen molar-refractivity contribution in [3.63, 3.8) is 0 Å². The van der Waals surface area contributed by atoms with Gasteiger partial charge in [0, 0.05) is 29.3 Å². The third-order valence-electron chi connectivity index (χ3n) is 4.62. The van der Waals surface area contributed by atoms with E-state index >= 15 is 0 Å². The molecule has 1 fully saturated rings. The first-order valence-corrected chi connectivity index (χ1v) is 11.1. The predicted octanol–water partition coefficient (Wildman–Crippen LogP) is 3.59. The number of aromatic nitrogens is 2. The van der Waals surface area contributed by atoms with E-state index in [0.29, 0.717) is 46.1 Å². The van der Waals surface area contributed by atoms with E-state index in [0.717, 1.165) is 12.0 Å². The number of amides is 2. The van der Waals surface area contributed by atoms with Gasteiger partial charge in [0.1, 0.15) is 11.5 Å². The zero-order valence-electron chi connectivity index (χ0n) is 16.5. The van der Waals surface area contributed by atoms with Gasteiger partial charge in [-0.1, -0.05) is 0 Å². The number of benzene rings is 1. The number of methoxy groups -OCH3 is 2. The molecule has 2 aromatic heterocycles. The Kier molecular flexibility index (Phi) is 5.96. The van der Waals surface area contributed by atoms with Crippen molar-refractivity contribution >= 4 is 44.8 Å². The molecule has 2 amide bonds. The van der Waals surface area contributed by atoms with Crippen molar-refractivity contribution in [2.45, 2.75) is 19.3 Å². The Morgan fingerprint density at radius 2 is 2.07 bits per heavy atom. The number of anilines is 2. The van der Waals surface area contributed by atoms with Crippen molar-refractivity contribution < 1.29 is 19.1 Å². The van der Waals surface area contributed by atoms with Crippen LogP contribution in [0.5, 0.6) is 11.5 Å². The summed E-state index contributed by atoms with van der Waals surface area (Å²) < 4.78 is 10.7. The van der Waals surface area contributed by atoms with Crippen LogP contribution in [0.3, 0.4) is 0 Å². The topological polar surface area (TPSA) is 93.7 Å². The molecular weight excluding hydrogens is 424 g/mol. The van der Waals surface area contributed by atoms with Crippen molar-refractivity contribution in [3.05, 3.63) is 34.7 Å². The fourth-order valence-electron chi connectivity index (χ4n) is 3.15. The normalized spacial score (nSPS) is 13.5. The quantitative estimate of drug-likeness (QED) is 0.599. The molecule has 4 rings (SSSR count). The first kappa shape index (κ1) is 20.3. The molecule has 1 aliphatic heterocycles. The summed E-state index contributed by atoms with van der Waals surface area (Å²) in [5.74, 6) is 1.24. The van der Waals surface area contributed by atoms with Gasteiger partial charge in [-0.2, -0.15) is 0 Å². The average molecular weight is 445 g/mol. The van der Waals surface area contributed by atoms with E-state index in [1.165, 1.54) is 22.7 Å². The molecular formula is C20H20N4O4S2. The maximum atomic E-state index is 12.4. The second-order valence-electron chi connectivity index (χ2n) is 6.60. The highest BCUT2D eigenvalue weighted by atomic mass is 32.1. The van der Waals surface area contributed by atoms with Crippen molar-refractivity contribution in [1.29, 1.82) is 0 Å². The van der Waals surface area contributed by atoms with Crippen LogP contribution in [0.2, 0.25) is 0 Å². The molecule has 0 unspecified atom stereocenters. The molecule has 8 nitrogen and oxygen atoms in total. The number of hydrogen-bond acceptors (Lipinski definition) is 8. The van der Waals surface area contributed by atoms with Gasteiger partial charge in [-0.15, -0.1) is 22.7 Å². The smallest absolute Gasteiger partial charge is 0.232 e. The molecule has 0 aliphatic carbocycles. The second-order valence-corrected chi connectivity index (χ2v) is 8.29. The third kappa shape index (κ3) is 4.29. The number of nitrogens with one attached hydrogen (secondary N) is 1. The molecule has 0 atom stereocenters. The van der Waals surface area contributed by atoms with Crippen molar-refractivity contribution in [3.8, 4) is 22.8 Å². The SMILES string of the molecule is COc1ccc(OC)c(-c2csc(NC(=O)Cc3csc(N4CCCC4=O)n3)n2)c1. The van der Waals surface area contributed by atoms with Gasteiger partial charge >= 0.3 is 0 Å². The number of thiazole rings is 2. The summed E-state index contributed by atoms with van der Waals surface area (Å²) in [6.07, 6.45) is 1.52. The van der Waals surface area contributed by atoms with E-state index in [9.17, 15) is 9.59 Å². The number of carbonyl (C=O) groups is 2. The van der Waals surface area contributed by atoms with Gasteiger partial charge < -0.3 is 14.8 Å². The summed E-state index contributed by atoms with van der Waals surface area (Å²) in [5, 5.41) is 7.63. The van der Waals surface area contributed by atoms with Gasteiger partial charge in [0.15, 0.2) is 10.3 Å². The molecule has 0 spiro atoms. The lowest BCUT2D eigenvalue weighted by molar-refractivity contribution is -0.117. The Balaban J connectivity index is 1.42. The van der Waals surface area contributed by atoms with Crippen LogP contribution in [-0.2, 0) is 16.0 Å². The van der Waals surface area contributed by atoms with Crippen LogP contribution in [0.15, 0.2) is 29.0 Å². The van der Waals surface area contributed by atoms with E-state index in [2.05, 4.69) is 15.3 Å². The Morgan fingerprint density at radius 1 is 1.20 bits per heavy atom. The number of hydrogen-bond donors (Lipinski definition) is 1. The van der Waals surface area contributed by atoms with Crippen molar-refractivity contribution in [2.75, 3.05) is 31.0 Å². The Bertz CT molecular complexity index is 1080. The van der Waals surface area contributed by atoms with E-state index in [1.54, 1.807) is 19.1 Å². The summed E-state index contributed by atoms with van der Waals surface area (Å²) in [4.78, 5) is 34.9. The minimum Gasteiger partial charge on any atom is -0.497 e. The van der Waals surface area contributed by atoms with Gasteiger partial charge in [0.2, 0.25) is 11.8 Å². The molecule has 30 heavy (non-hydrogen) atoms. The molecule has 1 N–H and O–H groups in total. The molecule has 3 aromatic rings. The van der Waals surface area contributed by atoms with Crippen LogP contribution in [0.1, 0.15) is 18.5 Å². The minimum absolute atomic E-state index is 0.0867. The van der Waals surface area contributed by atoms with E-state index in [4.69, 9.17) is 9.47 Å². The molecule has 0 saturated carbocycles. The fraction of sp³-hybridized carbons (Fsp3) is 0.300. The van der Waals surface area contributed by atoms with Gasteiger partial charge in [0.05, 0.1) is 32.0 Å². The summed E-state index contributed by atoms with van der Waals surface area (Å²) in [6.45, 7) is 0.688. The summed E-state index contributed by atoms with van der Waals surface area (Å²) in [7, 11) is 3.19. The van der Waals surface area contributed by atoms with Gasteiger partial charge in [0.25, 0.3) is 0 Å². The molecule has 1 aromatic carbocycles. The lowest BCUT2D eigenvalue weighted by Crippen LogP contribution is -2.23. The largest absolute Gasteiger partial charge is 0.497 e. The maximum Gasteiger partial charge on any atom is 0.232 e. The zero-order chi connectivity index (χ0) is 21.1. The summed E-state index contributed by atoms with van der Waals surface area (Å²) in [6, 6.07) is 5.47. The van der Waals surface area contributed by atoms with E-state index in [-0.39, 0.29) is 18.2 Å². The van der Waals surface area contributed by atoms with Crippen LogP contribution < -0.4 is 19.7 Å². The molecule has 1 aliphatic rings. The Hall–Kier alpha value is -2.98. The summed E-state index contributed by atoms with van der Waals surface area (Å²) >= 11 is 2.71. The molecule has 156 valence electrons. The van der Waals surface area contributed by atoms with Crippen molar-refractivity contribution in [2.24, 2.45) is 0 Å². The molecule has 3 heterocycles. The second kappa shape index (κ2) is 8.80. The van der Waals surface area contributed by atoms with E-state index < -0.39 is 0 Å². The molecule has 0 radical (unpaired) electrons. The predicted molar refractivity (Wildman–Crippen MR) is 117 cm³/mol. The highest BCUT2D eigenvalue weighted by Gasteiger charge is 2.24. The van der Waals surface area contributed by atoms with Crippen LogP contribution >= 0.6 is 22.7 Å². The number of rotatable bonds is 7. The summed E-state index contributed by atoms with van der Waals surface area (Å²) in [5.41, 5.74) is 2.11. The number of nitrogens with zero attached hydrogens (tertiary/aromatic N) is 3. The van der Waals surface area contributed by atoms with Gasteiger partial charge in [-0.3, -0.25) is 14.5 Å². The molecule has 10 heteroatoms. The maximum absolute atomic E-state index is 12.4. The Morgan fingerprint density at radius 3 is 2.80 bits per heavy atom. The molecule has 0 bridgehead atoms. The van der Waals surface area contributed by atoms with Crippen LogP contribution in [0.4, 0.5) is 10.3 Å². The highest BCUT2D eigenvalue weighted by Crippen LogP contribution is 2.35. The van der Waals surface area contributed by atoms with Gasteiger partial charge in [-0.05, 0) is 24.6 Å². The number of ether oxygens (including phenoxy) is 2. The lowest BCUT2D eigenvalue weighted by atomic mass is 10.1. The zero-order valence-corrected chi connectivity index (χ0v) is 18.1. The first-order chi connectivity index (χ1) is 14.6. The first-order valence-electron chi connectivity index (χ1n) is 9.30. The number of carbonyl (C=O) groups excluding carboxylic acids is 2. The monoisotopic (exact) mass is 444 g/mol. The highest BCUT2D eigenvalue weighted by molar-refractivity contribution is 7.14. The van der Waals surface area contributed by atoms with Crippen molar-refractivity contribution in [1.82, 2.24) is 9.97 Å². The third-order valence-corrected chi connectivity index (χ3v) is 6.29. The standard InChI is InChI=1S/C20H20N4O4S2/c1-27-13-5-6-16(28-2)14(9-13)15-11-29-19(22-15)23-17(25)8-12-10-30-20(21-12)24-7-3-4-18(24)26/h5-6,9-11H,3-4,7-8H2,1-2H3,(H,22,23,25). The molecule has 1 saturated heterocycles.